The SMILES string of the molecule is CN1CCC(CN(C)c2nc(Cl)ncc2[N+](=O)[O-])C1. The number of nitro groups is 1. The lowest BCUT2D eigenvalue weighted by molar-refractivity contribution is -0.384. The van der Waals surface area contributed by atoms with E-state index < -0.39 is 4.92 Å². The second-order valence-electron chi connectivity index (χ2n) is 4.90. The average molecular weight is 286 g/mol. The molecule has 1 fully saturated rings. The van der Waals surface area contributed by atoms with Crippen LogP contribution < -0.4 is 4.90 Å². The van der Waals surface area contributed by atoms with E-state index in [2.05, 4.69) is 21.9 Å². The van der Waals surface area contributed by atoms with Crippen molar-refractivity contribution in [1.82, 2.24) is 14.9 Å². The summed E-state index contributed by atoms with van der Waals surface area (Å²) in [6.07, 6.45) is 2.25. The smallest absolute Gasteiger partial charge is 0.329 e. The first-order chi connectivity index (χ1) is 8.97. The molecule has 2 heterocycles. The molecule has 1 unspecified atom stereocenters. The fourth-order valence-electron chi connectivity index (χ4n) is 2.40. The van der Waals surface area contributed by atoms with Crippen LogP contribution in [0.1, 0.15) is 6.42 Å². The highest BCUT2D eigenvalue weighted by molar-refractivity contribution is 6.28. The van der Waals surface area contributed by atoms with Gasteiger partial charge in [0.25, 0.3) is 0 Å². The Morgan fingerprint density at radius 2 is 2.42 bits per heavy atom. The highest BCUT2D eigenvalue weighted by Crippen LogP contribution is 2.27. The standard InChI is InChI=1S/C11H16ClN5O2/c1-15-4-3-8(6-15)7-16(2)10-9(17(18)19)5-13-11(12)14-10/h5,8H,3-4,6-7H2,1-2H3. The van der Waals surface area contributed by atoms with Gasteiger partial charge >= 0.3 is 5.69 Å². The van der Waals surface area contributed by atoms with Crippen molar-refractivity contribution in [3.63, 3.8) is 0 Å². The van der Waals surface area contributed by atoms with Crippen LogP contribution in [-0.2, 0) is 0 Å². The van der Waals surface area contributed by atoms with Gasteiger partial charge in [-0.1, -0.05) is 0 Å². The lowest BCUT2D eigenvalue weighted by atomic mass is 10.1. The summed E-state index contributed by atoms with van der Waals surface area (Å²) < 4.78 is 0. The maximum Gasteiger partial charge on any atom is 0.329 e. The minimum Gasteiger partial charge on any atom is -0.353 e. The molecule has 2 rings (SSSR count). The summed E-state index contributed by atoms with van der Waals surface area (Å²) in [6.45, 7) is 2.78. The lowest BCUT2D eigenvalue weighted by Crippen LogP contribution is -2.28. The first-order valence-corrected chi connectivity index (χ1v) is 6.41. The van der Waals surface area contributed by atoms with Gasteiger partial charge in [-0.15, -0.1) is 0 Å². The Kier molecular flexibility index (Phi) is 4.16. The van der Waals surface area contributed by atoms with Crippen molar-refractivity contribution in [2.75, 3.05) is 38.6 Å². The first kappa shape index (κ1) is 14.0. The molecule has 0 N–H and O–H groups in total. The van der Waals surface area contributed by atoms with Crippen molar-refractivity contribution in [2.45, 2.75) is 6.42 Å². The second kappa shape index (κ2) is 5.66. The third-order valence-electron chi connectivity index (χ3n) is 3.30. The maximum absolute atomic E-state index is 11.0. The Morgan fingerprint density at radius 3 is 3.00 bits per heavy atom. The van der Waals surface area contributed by atoms with Gasteiger partial charge in [0.05, 0.1) is 4.92 Å². The van der Waals surface area contributed by atoms with Gasteiger partial charge in [0, 0.05) is 20.1 Å². The number of anilines is 1. The number of hydrogen-bond donors (Lipinski definition) is 0. The highest BCUT2D eigenvalue weighted by Gasteiger charge is 2.25. The van der Waals surface area contributed by atoms with E-state index in [4.69, 9.17) is 11.6 Å². The Bertz CT molecular complexity index is 484. The van der Waals surface area contributed by atoms with Gasteiger partial charge in [-0.25, -0.2) is 4.98 Å². The van der Waals surface area contributed by atoms with Crippen LogP contribution in [0.15, 0.2) is 6.20 Å². The Hall–Kier alpha value is -1.47. The molecule has 8 heteroatoms. The average Bonchev–Trinajstić information content (AvgIpc) is 2.74. The van der Waals surface area contributed by atoms with Gasteiger partial charge in [-0.05, 0) is 37.5 Å². The van der Waals surface area contributed by atoms with Crippen molar-refractivity contribution in [3.05, 3.63) is 21.6 Å². The molecule has 1 atom stereocenters. The number of aromatic nitrogens is 2. The Labute approximate surface area is 116 Å². The van der Waals surface area contributed by atoms with Crippen molar-refractivity contribution >= 4 is 23.1 Å². The van der Waals surface area contributed by atoms with Crippen molar-refractivity contribution < 1.29 is 4.92 Å². The van der Waals surface area contributed by atoms with Gasteiger partial charge in [0.15, 0.2) is 0 Å². The van der Waals surface area contributed by atoms with Crippen LogP contribution in [0, 0.1) is 16.0 Å². The van der Waals surface area contributed by atoms with E-state index in [0.717, 1.165) is 32.3 Å². The zero-order valence-corrected chi connectivity index (χ0v) is 11.7. The van der Waals surface area contributed by atoms with Gasteiger partial charge in [-0.2, -0.15) is 4.98 Å². The largest absolute Gasteiger partial charge is 0.353 e. The van der Waals surface area contributed by atoms with Crippen LogP contribution in [0.4, 0.5) is 11.5 Å². The highest BCUT2D eigenvalue weighted by atomic mass is 35.5. The third kappa shape index (κ3) is 3.30. The van der Waals surface area contributed by atoms with Gasteiger partial charge < -0.3 is 9.80 Å². The van der Waals surface area contributed by atoms with Gasteiger partial charge in [0.1, 0.15) is 6.20 Å². The van der Waals surface area contributed by atoms with Crippen molar-refractivity contribution in [3.8, 4) is 0 Å². The summed E-state index contributed by atoms with van der Waals surface area (Å²) in [7, 11) is 3.87. The van der Waals surface area contributed by atoms with E-state index in [9.17, 15) is 10.1 Å². The van der Waals surface area contributed by atoms with E-state index in [-0.39, 0.29) is 16.8 Å². The van der Waals surface area contributed by atoms with E-state index in [1.807, 2.05) is 0 Å². The van der Waals surface area contributed by atoms with Crippen LogP contribution in [0.3, 0.4) is 0 Å². The number of rotatable bonds is 4. The number of nitrogens with zero attached hydrogens (tertiary/aromatic N) is 5. The molecule has 0 aliphatic carbocycles. The van der Waals surface area contributed by atoms with E-state index in [0.29, 0.717) is 5.92 Å². The molecule has 1 aromatic rings. The molecular weight excluding hydrogens is 270 g/mol. The molecule has 0 radical (unpaired) electrons. The summed E-state index contributed by atoms with van der Waals surface area (Å²) in [6, 6.07) is 0. The topological polar surface area (TPSA) is 75.4 Å². The molecule has 0 saturated carbocycles. The minimum absolute atomic E-state index is 0.0241. The molecule has 0 aromatic carbocycles. The second-order valence-corrected chi connectivity index (χ2v) is 5.24. The zero-order valence-electron chi connectivity index (χ0n) is 10.9. The molecule has 7 nitrogen and oxygen atoms in total. The molecule has 104 valence electrons. The number of halogens is 1. The summed E-state index contributed by atoms with van der Waals surface area (Å²) >= 11 is 5.73. The normalized spacial score (nSPS) is 19.6. The third-order valence-corrected chi connectivity index (χ3v) is 3.48. The zero-order chi connectivity index (χ0) is 14.0. The monoisotopic (exact) mass is 285 g/mol. The summed E-state index contributed by atoms with van der Waals surface area (Å²) in [5, 5.41) is 11.0. The molecule has 1 aliphatic heterocycles. The van der Waals surface area contributed by atoms with Crippen LogP contribution in [0.2, 0.25) is 5.28 Å². The quantitative estimate of drug-likeness (QED) is 0.473. The summed E-state index contributed by atoms with van der Waals surface area (Å²) in [5.74, 6) is 0.767. The maximum atomic E-state index is 11.0. The minimum atomic E-state index is -0.483. The Morgan fingerprint density at radius 1 is 1.68 bits per heavy atom. The molecule has 1 saturated heterocycles. The van der Waals surface area contributed by atoms with Crippen LogP contribution >= 0.6 is 11.6 Å². The number of hydrogen-bond acceptors (Lipinski definition) is 6. The van der Waals surface area contributed by atoms with Crippen molar-refractivity contribution in [2.24, 2.45) is 5.92 Å². The van der Waals surface area contributed by atoms with E-state index >= 15 is 0 Å². The predicted molar refractivity (Wildman–Crippen MR) is 72.6 cm³/mol. The molecular formula is C11H16ClN5O2. The molecule has 19 heavy (non-hydrogen) atoms. The molecule has 0 bridgehead atoms. The summed E-state index contributed by atoms with van der Waals surface area (Å²) in [5.41, 5.74) is -0.113. The molecule has 1 aliphatic rings. The molecule has 0 spiro atoms. The first-order valence-electron chi connectivity index (χ1n) is 6.04. The van der Waals surface area contributed by atoms with Crippen LogP contribution in [0.5, 0.6) is 0 Å². The Balaban J connectivity index is 2.15. The van der Waals surface area contributed by atoms with Crippen LogP contribution in [-0.4, -0.2) is 53.5 Å². The van der Waals surface area contributed by atoms with Gasteiger partial charge in [-0.3, -0.25) is 10.1 Å². The van der Waals surface area contributed by atoms with Crippen LogP contribution in [0.25, 0.3) is 0 Å². The molecule has 1 aromatic heterocycles. The van der Waals surface area contributed by atoms with Crippen molar-refractivity contribution in [1.29, 1.82) is 0 Å². The van der Waals surface area contributed by atoms with Gasteiger partial charge in [0.2, 0.25) is 11.1 Å². The summed E-state index contributed by atoms with van der Waals surface area (Å²) in [4.78, 5) is 22.2. The lowest BCUT2D eigenvalue weighted by Gasteiger charge is -2.21. The fourth-order valence-corrected chi connectivity index (χ4v) is 2.53. The van der Waals surface area contributed by atoms with E-state index in [1.54, 1.807) is 11.9 Å². The molecule has 0 amide bonds. The fraction of sp³-hybridized carbons (Fsp3) is 0.636. The van der Waals surface area contributed by atoms with E-state index in [1.165, 1.54) is 0 Å². The predicted octanol–water partition coefficient (Wildman–Crippen LogP) is 1.43. The number of likely N-dealkylation sites (tertiary alicyclic amines) is 1.